The number of rotatable bonds is 7. The van der Waals surface area contributed by atoms with Crippen LogP contribution >= 0.6 is 23.1 Å². The van der Waals surface area contributed by atoms with E-state index in [1.165, 1.54) is 12.8 Å². The Hall–Kier alpha value is -0.130. The Bertz CT molecular complexity index is 201. The SMILES string of the molecule is CCNCCCCSc1nncs1. The smallest absolute Gasteiger partial charge is 0.174 e. The Morgan fingerprint density at radius 2 is 2.46 bits per heavy atom. The minimum atomic E-state index is 1.07. The third-order valence-corrected chi connectivity index (χ3v) is 3.51. The second-order valence-electron chi connectivity index (χ2n) is 2.61. The Kier molecular flexibility index (Phi) is 6.14. The van der Waals surface area contributed by atoms with Gasteiger partial charge in [0.1, 0.15) is 5.51 Å². The molecule has 5 heteroatoms. The molecule has 0 aliphatic carbocycles. The van der Waals surface area contributed by atoms with Gasteiger partial charge in [0.2, 0.25) is 0 Å². The number of hydrogen-bond donors (Lipinski definition) is 1. The molecule has 0 fully saturated rings. The molecule has 74 valence electrons. The first kappa shape index (κ1) is 10.9. The van der Waals surface area contributed by atoms with Gasteiger partial charge >= 0.3 is 0 Å². The summed E-state index contributed by atoms with van der Waals surface area (Å²) in [6, 6.07) is 0. The van der Waals surface area contributed by atoms with Crippen molar-refractivity contribution in [1.29, 1.82) is 0 Å². The van der Waals surface area contributed by atoms with E-state index in [1.807, 2.05) is 0 Å². The lowest BCUT2D eigenvalue weighted by molar-refractivity contribution is 0.666. The summed E-state index contributed by atoms with van der Waals surface area (Å²) < 4.78 is 1.09. The minimum absolute atomic E-state index is 1.07. The van der Waals surface area contributed by atoms with Gasteiger partial charge < -0.3 is 5.32 Å². The number of aromatic nitrogens is 2. The number of unbranched alkanes of at least 4 members (excludes halogenated alkanes) is 1. The Morgan fingerprint density at radius 1 is 1.54 bits per heavy atom. The lowest BCUT2D eigenvalue weighted by Gasteiger charge is -1.99. The van der Waals surface area contributed by atoms with E-state index in [0.29, 0.717) is 0 Å². The van der Waals surface area contributed by atoms with Gasteiger partial charge in [-0.2, -0.15) is 0 Å². The maximum atomic E-state index is 3.97. The Labute approximate surface area is 87.3 Å². The van der Waals surface area contributed by atoms with E-state index in [2.05, 4.69) is 22.4 Å². The molecular formula is C8H15N3S2. The van der Waals surface area contributed by atoms with Crippen LogP contribution in [0.2, 0.25) is 0 Å². The van der Waals surface area contributed by atoms with Crippen molar-refractivity contribution in [3.63, 3.8) is 0 Å². The highest BCUT2D eigenvalue weighted by atomic mass is 32.2. The lowest BCUT2D eigenvalue weighted by Crippen LogP contribution is -2.13. The van der Waals surface area contributed by atoms with Crippen LogP contribution in [-0.4, -0.2) is 29.0 Å². The summed E-state index contributed by atoms with van der Waals surface area (Å²) in [7, 11) is 0. The van der Waals surface area contributed by atoms with Gasteiger partial charge in [0.15, 0.2) is 4.34 Å². The minimum Gasteiger partial charge on any atom is -0.317 e. The van der Waals surface area contributed by atoms with Crippen LogP contribution in [0.1, 0.15) is 19.8 Å². The van der Waals surface area contributed by atoms with Gasteiger partial charge in [0.25, 0.3) is 0 Å². The quantitative estimate of drug-likeness (QED) is 0.560. The average Bonchev–Trinajstić information content (AvgIpc) is 2.63. The molecule has 0 spiro atoms. The standard InChI is InChI=1S/C8H15N3S2/c1-2-9-5-3-4-6-12-8-11-10-7-13-8/h7,9H,2-6H2,1H3. The maximum Gasteiger partial charge on any atom is 0.174 e. The molecule has 0 saturated carbocycles. The lowest BCUT2D eigenvalue weighted by atomic mass is 10.3. The zero-order valence-corrected chi connectivity index (χ0v) is 9.46. The van der Waals surface area contributed by atoms with Gasteiger partial charge in [-0.3, -0.25) is 0 Å². The fraction of sp³-hybridized carbons (Fsp3) is 0.750. The molecule has 0 atom stereocenters. The molecule has 0 aromatic carbocycles. The second-order valence-corrected chi connectivity index (χ2v) is 4.79. The molecule has 1 N–H and O–H groups in total. The number of nitrogens with zero attached hydrogens (tertiary/aromatic N) is 2. The van der Waals surface area contributed by atoms with Crippen LogP contribution in [0.15, 0.2) is 9.85 Å². The van der Waals surface area contributed by atoms with Crippen molar-refractivity contribution >= 4 is 23.1 Å². The summed E-state index contributed by atoms with van der Waals surface area (Å²) in [5.74, 6) is 1.15. The molecule has 1 aromatic rings. The fourth-order valence-electron chi connectivity index (χ4n) is 0.914. The molecule has 3 nitrogen and oxygen atoms in total. The zero-order chi connectivity index (χ0) is 9.36. The zero-order valence-electron chi connectivity index (χ0n) is 7.82. The molecule has 1 heterocycles. The molecule has 0 aliphatic rings. The van der Waals surface area contributed by atoms with Crippen LogP contribution in [-0.2, 0) is 0 Å². The van der Waals surface area contributed by atoms with Gasteiger partial charge in [-0.25, -0.2) is 0 Å². The molecule has 13 heavy (non-hydrogen) atoms. The van der Waals surface area contributed by atoms with Crippen LogP contribution in [0.3, 0.4) is 0 Å². The van der Waals surface area contributed by atoms with Crippen molar-refractivity contribution in [2.45, 2.75) is 24.1 Å². The fourth-order valence-corrected chi connectivity index (χ4v) is 2.47. The van der Waals surface area contributed by atoms with Gasteiger partial charge in [-0.15, -0.1) is 10.2 Å². The Morgan fingerprint density at radius 3 is 3.15 bits per heavy atom. The molecule has 0 aliphatic heterocycles. The first-order valence-electron chi connectivity index (χ1n) is 4.53. The van der Waals surface area contributed by atoms with Crippen LogP contribution < -0.4 is 5.32 Å². The van der Waals surface area contributed by atoms with Crippen molar-refractivity contribution in [2.75, 3.05) is 18.8 Å². The van der Waals surface area contributed by atoms with Crippen LogP contribution in [0.5, 0.6) is 0 Å². The molecule has 1 aromatic heterocycles. The highest BCUT2D eigenvalue weighted by Crippen LogP contribution is 2.19. The van der Waals surface area contributed by atoms with Crippen LogP contribution in [0, 0.1) is 0 Å². The highest BCUT2D eigenvalue weighted by molar-refractivity contribution is 8.00. The molecule has 0 amide bonds. The van der Waals surface area contributed by atoms with Gasteiger partial charge in [-0.05, 0) is 25.9 Å². The number of thioether (sulfide) groups is 1. The average molecular weight is 217 g/mol. The van der Waals surface area contributed by atoms with Crippen molar-refractivity contribution in [3.8, 4) is 0 Å². The van der Waals surface area contributed by atoms with E-state index in [9.17, 15) is 0 Å². The number of hydrogen-bond acceptors (Lipinski definition) is 5. The van der Waals surface area contributed by atoms with Crippen molar-refractivity contribution in [3.05, 3.63) is 5.51 Å². The van der Waals surface area contributed by atoms with Crippen LogP contribution in [0.25, 0.3) is 0 Å². The van der Waals surface area contributed by atoms with E-state index < -0.39 is 0 Å². The third kappa shape index (κ3) is 5.23. The molecule has 0 radical (unpaired) electrons. The summed E-state index contributed by atoms with van der Waals surface area (Å²) >= 11 is 3.42. The van der Waals surface area contributed by atoms with Gasteiger partial charge in [0, 0.05) is 5.75 Å². The molecule has 0 saturated heterocycles. The third-order valence-electron chi connectivity index (χ3n) is 1.56. The Balaban J connectivity index is 1.90. The van der Waals surface area contributed by atoms with Crippen molar-refractivity contribution in [1.82, 2.24) is 15.5 Å². The van der Waals surface area contributed by atoms with Crippen LogP contribution in [0.4, 0.5) is 0 Å². The van der Waals surface area contributed by atoms with Crippen molar-refractivity contribution in [2.24, 2.45) is 0 Å². The first-order chi connectivity index (χ1) is 6.43. The van der Waals surface area contributed by atoms with E-state index in [4.69, 9.17) is 0 Å². The van der Waals surface area contributed by atoms with E-state index in [1.54, 1.807) is 28.6 Å². The predicted octanol–water partition coefficient (Wildman–Crippen LogP) is 2.02. The summed E-state index contributed by atoms with van der Waals surface area (Å²) in [4.78, 5) is 0. The second kappa shape index (κ2) is 7.29. The van der Waals surface area contributed by atoms with Gasteiger partial charge in [0.05, 0.1) is 0 Å². The molecule has 1 rings (SSSR count). The van der Waals surface area contributed by atoms with E-state index >= 15 is 0 Å². The van der Waals surface area contributed by atoms with E-state index in [0.717, 1.165) is 23.2 Å². The highest BCUT2D eigenvalue weighted by Gasteiger charge is 1.96. The summed E-state index contributed by atoms with van der Waals surface area (Å²) in [6.07, 6.45) is 2.50. The molecule has 0 unspecified atom stereocenters. The van der Waals surface area contributed by atoms with Crippen molar-refractivity contribution < 1.29 is 0 Å². The summed E-state index contributed by atoms with van der Waals surface area (Å²) in [5, 5.41) is 11.1. The summed E-state index contributed by atoms with van der Waals surface area (Å²) in [5.41, 5.74) is 1.78. The first-order valence-corrected chi connectivity index (χ1v) is 6.39. The maximum absolute atomic E-state index is 3.97. The monoisotopic (exact) mass is 217 g/mol. The topological polar surface area (TPSA) is 37.8 Å². The molecular weight excluding hydrogens is 202 g/mol. The summed E-state index contributed by atoms with van der Waals surface area (Å²) in [6.45, 7) is 4.34. The largest absolute Gasteiger partial charge is 0.317 e. The normalized spacial score (nSPS) is 10.5. The number of nitrogens with one attached hydrogen (secondary N) is 1. The molecule has 0 bridgehead atoms. The van der Waals surface area contributed by atoms with Gasteiger partial charge in [-0.1, -0.05) is 30.0 Å². The predicted molar refractivity (Wildman–Crippen MR) is 58.4 cm³/mol. The van der Waals surface area contributed by atoms with E-state index in [-0.39, 0.29) is 0 Å².